The van der Waals surface area contributed by atoms with Gasteiger partial charge >= 0.3 is 0 Å². The summed E-state index contributed by atoms with van der Waals surface area (Å²) in [5.41, 5.74) is 0.568. The Hall–Kier alpha value is -2.84. The van der Waals surface area contributed by atoms with Crippen molar-refractivity contribution >= 4 is 50.7 Å². The maximum atomic E-state index is 12.6. The fourth-order valence-electron chi connectivity index (χ4n) is 2.77. The molecule has 3 N–H and O–H groups in total. The summed E-state index contributed by atoms with van der Waals surface area (Å²) in [5, 5.41) is 14.0. The van der Waals surface area contributed by atoms with E-state index < -0.39 is 22.8 Å². The van der Waals surface area contributed by atoms with Crippen molar-refractivity contribution in [3.05, 3.63) is 55.1 Å². The van der Waals surface area contributed by atoms with Gasteiger partial charge in [0.05, 0.1) is 10.3 Å². The number of carbonyl (C=O) groups excluding carboxylic acids is 2. The highest BCUT2D eigenvalue weighted by Crippen LogP contribution is 2.36. The molecule has 146 valence electrons. The molecule has 0 saturated heterocycles. The molecule has 0 radical (unpaired) electrons. The number of hydrogen-bond acceptors (Lipinski definition) is 5. The van der Waals surface area contributed by atoms with E-state index in [1.807, 2.05) is 6.92 Å². The van der Waals surface area contributed by atoms with Gasteiger partial charge in [-0.2, -0.15) is 0 Å². The number of anilines is 1. The minimum absolute atomic E-state index is 0.251. The first-order valence-corrected chi connectivity index (χ1v) is 9.48. The lowest BCUT2D eigenvalue weighted by Crippen LogP contribution is -2.23. The van der Waals surface area contributed by atoms with Gasteiger partial charge in [0.15, 0.2) is 0 Å². The lowest BCUT2D eigenvalue weighted by atomic mass is 10.1. The van der Waals surface area contributed by atoms with E-state index in [1.165, 1.54) is 4.90 Å². The number of benzene rings is 1. The number of rotatable bonds is 3. The summed E-state index contributed by atoms with van der Waals surface area (Å²) >= 11 is 7.12. The second-order valence-electron chi connectivity index (χ2n) is 6.56. The highest BCUT2D eigenvalue weighted by Gasteiger charge is 2.25. The van der Waals surface area contributed by atoms with Crippen molar-refractivity contribution in [1.82, 2.24) is 9.88 Å². The van der Waals surface area contributed by atoms with Crippen LogP contribution in [0.5, 0.6) is 5.75 Å². The summed E-state index contributed by atoms with van der Waals surface area (Å²) in [6.07, 6.45) is 0. The number of halogens is 1. The Kier molecular flexibility index (Phi) is 5.18. The normalized spacial score (nSPS) is 10.9. The zero-order chi connectivity index (χ0) is 20.7. The first kappa shape index (κ1) is 19.9. The minimum atomic E-state index is -0.772. The molecular weight excluding hydrogens is 402 g/mol. The molecule has 0 aliphatic carbocycles. The number of fused-ring (bicyclic) bond motifs is 1. The SMILES string of the molecule is Cc1ccc(NC(=O)c2c(O)c3c(C)c(C(=O)N(C)C)sc3[nH]c2=O)cc1Cl. The quantitative estimate of drug-likeness (QED) is 0.604. The van der Waals surface area contributed by atoms with E-state index in [2.05, 4.69) is 10.3 Å². The summed E-state index contributed by atoms with van der Waals surface area (Å²) in [5.74, 6) is -1.48. The maximum Gasteiger partial charge on any atom is 0.265 e. The van der Waals surface area contributed by atoms with Gasteiger partial charge in [-0.1, -0.05) is 17.7 Å². The van der Waals surface area contributed by atoms with Gasteiger partial charge in [-0.25, -0.2) is 0 Å². The molecule has 7 nitrogen and oxygen atoms in total. The number of aromatic hydroxyl groups is 1. The Balaban J connectivity index is 2.09. The average molecular weight is 420 g/mol. The lowest BCUT2D eigenvalue weighted by Gasteiger charge is -2.09. The Morgan fingerprint density at radius 3 is 2.54 bits per heavy atom. The molecule has 0 unspecified atom stereocenters. The third-order valence-corrected chi connectivity index (χ3v) is 5.93. The maximum absolute atomic E-state index is 12.6. The van der Waals surface area contributed by atoms with Crippen LogP contribution in [0.1, 0.15) is 31.2 Å². The van der Waals surface area contributed by atoms with Crippen LogP contribution in [0.4, 0.5) is 5.69 Å². The summed E-state index contributed by atoms with van der Waals surface area (Å²) in [7, 11) is 3.22. The predicted molar refractivity (Wildman–Crippen MR) is 111 cm³/mol. The van der Waals surface area contributed by atoms with Gasteiger partial charge < -0.3 is 20.3 Å². The van der Waals surface area contributed by atoms with Gasteiger partial charge in [0.1, 0.15) is 16.1 Å². The Morgan fingerprint density at radius 2 is 1.93 bits per heavy atom. The second kappa shape index (κ2) is 7.29. The number of carbonyl (C=O) groups is 2. The Bertz CT molecular complexity index is 1180. The lowest BCUT2D eigenvalue weighted by molar-refractivity contribution is 0.0831. The van der Waals surface area contributed by atoms with Crippen molar-refractivity contribution in [2.45, 2.75) is 13.8 Å². The van der Waals surface area contributed by atoms with E-state index in [0.29, 0.717) is 26.0 Å². The first-order valence-electron chi connectivity index (χ1n) is 8.29. The molecule has 0 aliphatic heterocycles. The number of hydrogen-bond donors (Lipinski definition) is 3. The van der Waals surface area contributed by atoms with Crippen molar-refractivity contribution in [2.24, 2.45) is 0 Å². The van der Waals surface area contributed by atoms with Crippen LogP contribution >= 0.6 is 22.9 Å². The van der Waals surface area contributed by atoms with E-state index in [4.69, 9.17) is 11.6 Å². The molecular formula is C19H18ClN3O4S. The van der Waals surface area contributed by atoms with Gasteiger partial charge in [-0.05, 0) is 37.1 Å². The van der Waals surface area contributed by atoms with E-state index in [-0.39, 0.29) is 11.3 Å². The van der Waals surface area contributed by atoms with Gasteiger partial charge in [0, 0.05) is 24.8 Å². The van der Waals surface area contributed by atoms with Crippen molar-refractivity contribution in [2.75, 3.05) is 19.4 Å². The van der Waals surface area contributed by atoms with E-state index in [1.54, 1.807) is 39.2 Å². The zero-order valence-electron chi connectivity index (χ0n) is 15.6. The van der Waals surface area contributed by atoms with Crippen molar-refractivity contribution in [3.63, 3.8) is 0 Å². The van der Waals surface area contributed by atoms with Crippen molar-refractivity contribution < 1.29 is 14.7 Å². The average Bonchev–Trinajstić information content (AvgIpc) is 2.93. The molecule has 0 saturated carbocycles. The molecule has 3 aromatic rings. The molecule has 2 heterocycles. The van der Waals surface area contributed by atoms with Crippen molar-refractivity contribution in [3.8, 4) is 5.75 Å². The number of amides is 2. The summed E-state index contributed by atoms with van der Waals surface area (Å²) in [6, 6.07) is 4.93. The molecule has 9 heteroatoms. The second-order valence-corrected chi connectivity index (χ2v) is 7.98. The van der Waals surface area contributed by atoms with Crippen LogP contribution in [-0.2, 0) is 0 Å². The number of nitrogens with zero attached hydrogens (tertiary/aromatic N) is 1. The number of aromatic nitrogens is 1. The van der Waals surface area contributed by atoms with Gasteiger partial charge in [0.25, 0.3) is 17.4 Å². The Labute approximate surface area is 169 Å². The fraction of sp³-hybridized carbons (Fsp3) is 0.211. The van der Waals surface area contributed by atoms with Gasteiger partial charge in [-0.3, -0.25) is 14.4 Å². The number of pyridine rings is 1. The van der Waals surface area contributed by atoms with Crippen LogP contribution in [-0.4, -0.2) is 40.9 Å². The van der Waals surface area contributed by atoms with Gasteiger partial charge in [0.2, 0.25) is 0 Å². The van der Waals surface area contributed by atoms with Crippen LogP contribution in [0, 0.1) is 13.8 Å². The van der Waals surface area contributed by atoms with E-state index >= 15 is 0 Å². The molecule has 2 amide bonds. The van der Waals surface area contributed by atoms with Crippen LogP contribution in [0.2, 0.25) is 5.02 Å². The molecule has 0 bridgehead atoms. The van der Waals surface area contributed by atoms with Crippen LogP contribution in [0.3, 0.4) is 0 Å². The Morgan fingerprint density at radius 1 is 1.25 bits per heavy atom. The largest absolute Gasteiger partial charge is 0.506 e. The number of nitrogens with one attached hydrogen (secondary N) is 2. The first-order chi connectivity index (χ1) is 13.1. The minimum Gasteiger partial charge on any atom is -0.506 e. The smallest absolute Gasteiger partial charge is 0.265 e. The zero-order valence-corrected chi connectivity index (χ0v) is 17.2. The summed E-state index contributed by atoms with van der Waals surface area (Å²) in [4.78, 5) is 42.1. The number of H-pyrrole nitrogens is 1. The number of aryl methyl sites for hydroxylation is 2. The van der Waals surface area contributed by atoms with Gasteiger partial charge in [-0.15, -0.1) is 11.3 Å². The number of thiophene rings is 1. The molecule has 0 aliphatic rings. The molecule has 2 aromatic heterocycles. The van der Waals surface area contributed by atoms with Crippen molar-refractivity contribution in [1.29, 1.82) is 0 Å². The van der Waals surface area contributed by atoms with Crippen LogP contribution < -0.4 is 10.9 Å². The molecule has 3 rings (SSSR count). The summed E-state index contributed by atoms with van der Waals surface area (Å²) < 4.78 is 0. The van der Waals surface area contributed by atoms with Crippen LogP contribution in [0.15, 0.2) is 23.0 Å². The van der Waals surface area contributed by atoms with E-state index in [9.17, 15) is 19.5 Å². The van der Waals surface area contributed by atoms with E-state index in [0.717, 1.165) is 16.9 Å². The predicted octanol–water partition coefficient (Wildman–Crippen LogP) is 3.52. The summed E-state index contributed by atoms with van der Waals surface area (Å²) in [6.45, 7) is 3.49. The fourth-order valence-corrected chi connectivity index (χ4v) is 4.17. The third-order valence-electron chi connectivity index (χ3n) is 4.33. The topological polar surface area (TPSA) is 102 Å². The highest BCUT2D eigenvalue weighted by atomic mass is 35.5. The van der Waals surface area contributed by atoms with Crippen LogP contribution in [0.25, 0.3) is 10.2 Å². The highest BCUT2D eigenvalue weighted by molar-refractivity contribution is 7.20. The number of aromatic amines is 1. The molecule has 0 atom stereocenters. The molecule has 1 aromatic carbocycles. The molecule has 0 spiro atoms. The molecule has 0 fully saturated rings. The molecule has 28 heavy (non-hydrogen) atoms. The third kappa shape index (κ3) is 3.36. The standard InChI is InChI=1S/C19H18ClN3O4S/c1-8-5-6-10(7-11(8)20)21-16(25)13-14(24)12-9(2)15(19(27)23(3)4)28-18(12)22-17(13)26/h5-7H,1-4H3,(H,21,25)(H2,22,24,26). The monoisotopic (exact) mass is 419 g/mol.